The number of amides is 6. The lowest BCUT2D eigenvalue weighted by Gasteiger charge is -2.17. The molecule has 1 aliphatic rings. The lowest BCUT2D eigenvalue weighted by molar-refractivity contribution is -0.139. The van der Waals surface area contributed by atoms with Gasteiger partial charge in [0.05, 0.1) is 57.8 Å². The molecule has 0 heterocycles. The van der Waals surface area contributed by atoms with Gasteiger partial charge in [0, 0.05) is 94.8 Å². The fraction of sp³-hybridized carbons (Fsp3) is 0.328. The molecule has 0 radical (unpaired) electrons. The number of rotatable bonds is 39. The van der Waals surface area contributed by atoms with Crippen molar-refractivity contribution < 1.29 is 124 Å². The Morgan fingerprint density at radius 3 is 0.893 bits per heavy atom. The van der Waals surface area contributed by atoms with Crippen LogP contribution in [0.3, 0.4) is 0 Å². The van der Waals surface area contributed by atoms with E-state index in [4.69, 9.17) is 33.2 Å². The van der Waals surface area contributed by atoms with E-state index in [1.54, 1.807) is 210 Å². The van der Waals surface area contributed by atoms with E-state index in [-0.39, 0.29) is 144 Å². The second-order valence-electron chi connectivity index (χ2n) is 34.7. The highest BCUT2D eigenvalue weighted by atomic mass is 19.4. The van der Waals surface area contributed by atoms with Crippen molar-refractivity contribution in [2.75, 3.05) is 38.5 Å². The van der Waals surface area contributed by atoms with E-state index < -0.39 is 43.9 Å². The first-order chi connectivity index (χ1) is 71.0. The first kappa shape index (κ1) is 119. The number of aliphatic hydroxyl groups is 1. The van der Waals surface area contributed by atoms with E-state index in [1.165, 1.54) is 48.5 Å². The highest BCUT2D eigenvalue weighted by Gasteiger charge is 2.35. The molecule has 796 valence electrons. The summed E-state index contributed by atoms with van der Waals surface area (Å²) in [6.45, 7) is 26.9. The number of para-hydroxylation sites is 1. The second-order valence-corrected chi connectivity index (χ2v) is 34.7. The summed E-state index contributed by atoms with van der Waals surface area (Å²) in [5, 5.41) is 26.3. The third-order valence-corrected chi connectivity index (χ3v) is 23.2. The number of aryl methyl sites for hydroxylation is 8. The highest BCUT2D eigenvalue weighted by molar-refractivity contribution is 5.95. The number of hydrogen-bond acceptors (Lipinski definition) is 14. The summed E-state index contributed by atoms with van der Waals surface area (Å²) in [4.78, 5) is 70.1. The molecule has 12 aromatic carbocycles. The number of halogens is 13. The fourth-order valence-corrected chi connectivity index (χ4v) is 14.8. The zero-order valence-electron chi connectivity index (χ0n) is 85.8. The smallest absolute Gasteiger partial charge is 0.419 e. The first-order valence-corrected chi connectivity index (χ1v) is 48.6. The Hall–Kier alpha value is -14.9. The lowest BCUT2D eigenvalue weighted by atomic mass is 10.0. The lowest BCUT2D eigenvalue weighted by Crippen LogP contribution is -2.13. The number of benzene rings is 12. The molecule has 0 aliphatic heterocycles. The van der Waals surface area contributed by atoms with Crippen molar-refractivity contribution in [2.45, 2.75) is 246 Å². The molecule has 13 rings (SSSR count). The summed E-state index contributed by atoms with van der Waals surface area (Å²) in [7, 11) is 0. The van der Waals surface area contributed by atoms with E-state index in [0.717, 1.165) is 74.5 Å². The molecule has 12 aromatic rings. The van der Waals surface area contributed by atoms with Gasteiger partial charge in [0.2, 0.25) is 35.4 Å². The molecular formula is C116H127F13N6O14. The van der Waals surface area contributed by atoms with Crippen molar-refractivity contribution in [3.8, 4) is 40.2 Å². The Kier molecular flexibility index (Phi) is 47.4. The van der Waals surface area contributed by atoms with Crippen molar-refractivity contribution in [2.24, 2.45) is 0 Å². The van der Waals surface area contributed by atoms with Gasteiger partial charge in [-0.25, -0.2) is 43.9 Å². The predicted molar refractivity (Wildman–Crippen MR) is 554 cm³/mol. The summed E-state index contributed by atoms with van der Waals surface area (Å²) in [6.07, 6.45) is -13.3. The molecule has 149 heavy (non-hydrogen) atoms. The summed E-state index contributed by atoms with van der Waals surface area (Å²) < 4.78 is 211. The molecule has 1 aliphatic carbocycles. The Balaban J connectivity index is 0.000000218. The maximum Gasteiger partial charge on any atom is 0.419 e. The van der Waals surface area contributed by atoms with Crippen LogP contribution >= 0.6 is 0 Å². The second kappa shape index (κ2) is 59.2. The standard InChI is InChI=1S/C21H23F2NO2.C20H23F2NO3.C19H21F2NO3.2C19H21F2NO2.C18H18F3NO2/c1-3-20(25)24-18-6-4-5-15(14-8-9-14)17(18)12-26-19-10-7-13(2)11-16(19)21(22)23;1-4-19(24)23-16-7-6-8-17(25-5-2)15(16)12-26-18-10-9-13(3)11-14(18)20(21)22;1-3-18(24)22-16-6-4-5-13(10-23)15(16)11-25-17-8-7-12(2)9-14(17)19(20)21;2*1-4-18(23)22-16-7-5-6-13(3)15(16)11-24-17-9-8-12(2)10-14(17)19(20)21;1-3-17(23)22-15-7-5-4-6-13(15)11-24-16-9-8-12(2)10-14(16)18(19,20)21/h4-7,10-11,14,21H,3,8-9,12H2,1-2H3,(H,24,25);6-11,20H,4-5,12H2,1-3H3,(H,23,24);4-9,19,23H,3,10-11H2,1-2H3,(H,22,24);2*5-10,19H,4,11H2,1-3H3,(H,22,23);4-10H,3,11H2,1-2H3,(H,22,23). The Morgan fingerprint density at radius 1 is 0.289 bits per heavy atom. The summed E-state index contributed by atoms with van der Waals surface area (Å²) in [6, 6.07) is 61.4. The number of carbonyl (C=O) groups excluding carboxylic acids is 6. The SMILES string of the molecule is CCC(=O)Nc1cccc(C)c1COc1ccc(C)cc1C(F)F.CCC(=O)Nc1cccc(C)c1COc1ccc(C)cc1C(F)F.CCC(=O)Nc1cccc(C2CC2)c1COc1ccc(C)cc1C(F)F.CCC(=O)Nc1cccc(CO)c1COc1ccc(C)cc1C(F)F.CCC(=O)Nc1ccccc1COc1ccc(C)cc1C(F)(F)F.CCOc1cccc(NC(=O)CC)c1COc1ccc(C)cc1C(F)F. The van der Waals surface area contributed by atoms with Crippen LogP contribution < -0.4 is 65.1 Å². The Bertz CT molecular complexity index is 6350. The van der Waals surface area contributed by atoms with Crippen LogP contribution in [0.15, 0.2) is 224 Å². The molecular weight excluding hydrogens is 1950 g/mol. The highest BCUT2D eigenvalue weighted by Crippen LogP contribution is 2.46. The van der Waals surface area contributed by atoms with Gasteiger partial charge in [0.25, 0.3) is 32.1 Å². The van der Waals surface area contributed by atoms with Crippen LogP contribution in [0.4, 0.5) is 91.2 Å². The van der Waals surface area contributed by atoms with Crippen molar-refractivity contribution in [3.63, 3.8) is 0 Å². The number of alkyl halides is 13. The third-order valence-electron chi connectivity index (χ3n) is 23.2. The minimum absolute atomic E-state index is 0.00170. The molecule has 7 N–H and O–H groups in total. The quantitative estimate of drug-likeness (QED) is 0.0177. The zero-order chi connectivity index (χ0) is 109. The number of carbonyl (C=O) groups is 6. The molecule has 6 amide bonds. The maximum absolute atomic E-state index is 13.3. The Labute approximate surface area is 860 Å². The van der Waals surface area contributed by atoms with Gasteiger partial charge in [0.1, 0.15) is 79.9 Å². The van der Waals surface area contributed by atoms with Gasteiger partial charge in [-0.05, 0) is 219 Å². The largest absolute Gasteiger partial charge is 0.493 e. The first-order valence-electron chi connectivity index (χ1n) is 48.6. The zero-order valence-corrected chi connectivity index (χ0v) is 85.8. The van der Waals surface area contributed by atoms with Gasteiger partial charge < -0.3 is 70.2 Å². The number of nitrogens with one attached hydrogen (secondary N) is 6. The van der Waals surface area contributed by atoms with Crippen LogP contribution in [0.5, 0.6) is 40.2 Å². The summed E-state index contributed by atoms with van der Waals surface area (Å²) in [5.41, 5.74) is 14.1. The van der Waals surface area contributed by atoms with Gasteiger partial charge in [0.15, 0.2) is 0 Å². The van der Waals surface area contributed by atoms with Gasteiger partial charge in [-0.1, -0.05) is 184 Å². The topological polar surface area (TPSA) is 259 Å². The molecule has 0 spiro atoms. The molecule has 0 saturated heterocycles. The minimum atomic E-state index is -4.49. The molecule has 0 bridgehead atoms. The minimum Gasteiger partial charge on any atom is -0.493 e. The number of aliphatic hydroxyl groups excluding tert-OH is 1. The van der Waals surface area contributed by atoms with Crippen LogP contribution in [-0.4, -0.2) is 47.2 Å². The molecule has 0 aromatic heterocycles. The van der Waals surface area contributed by atoms with E-state index in [1.807, 2.05) is 63.2 Å². The summed E-state index contributed by atoms with van der Waals surface area (Å²) >= 11 is 0. The van der Waals surface area contributed by atoms with Gasteiger partial charge in [-0.15, -0.1) is 0 Å². The van der Waals surface area contributed by atoms with E-state index in [0.29, 0.717) is 124 Å². The molecule has 0 unspecified atom stereocenters. The third kappa shape index (κ3) is 37.2. The normalized spacial score (nSPS) is 11.3. The number of anilines is 6. The average Bonchev–Trinajstić information content (AvgIpc) is 1.58. The number of ether oxygens (including phenoxy) is 7. The molecule has 1 fully saturated rings. The molecule has 20 nitrogen and oxygen atoms in total. The van der Waals surface area contributed by atoms with E-state index in [9.17, 15) is 90.9 Å². The monoisotopic (exact) mass is 2070 g/mol. The van der Waals surface area contributed by atoms with E-state index >= 15 is 0 Å². The maximum atomic E-state index is 13.3. The average molecular weight is 2080 g/mol. The van der Waals surface area contributed by atoms with Gasteiger partial charge in [-0.2, -0.15) is 13.2 Å². The van der Waals surface area contributed by atoms with Crippen LogP contribution in [0, 0.1) is 55.4 Å². The van der Waals surface area contributed by atoms with Gasteiger partial charge >= 0.3 is 6.18 Å². The van der Waals surface area contributed by atoms with Crippen molar-refractivity contribution in [3.05, 3.63) is 347 Å². The molecule has 1 saturated carbocycles. The van der Waals surface area contributed by atoms with Crippen molar-refractivity contribution >= 4 is 69.6 Å². The van der Waals surface area contributed by atoms with Gasteiger partial charge in [-0.3, -0.25) is 28.8 Å². The molecule has 33 heteroatoms. The fourth-order valence-electron chi connectivity index (χ4n) is 14.8. The summed E-state index contributed by atoms with van der Waals surface area (Å²) in [5.74, 6) is 0.681. The predicted octanol–water partition coefficient (Wildman–Crippen LogP) is 30.6. The molecule has 0 atom stereocenters. The van der Waals surface area contributed by atoms with Crippen LogP contribution in [0.1, 0.15) is 260 Å². The van der Waals surface area contributed by atoms with Crippen molar-refractivity contribution in [1.82, 2.24) is 0 Å². The van der Waals surface area contributed by atoms with Crippen LogP contribution in [0.2, 0.25) is 0 Å². The van der Waals surface area contributed by atoms with Crippen molar-refractivity contribution in [1.29, 1.82) is 0 Å². The Morgan fingerprint density at radius 2 is 0.557 bits per heavy atom. The van der Waals surface area contributed by atoms with Crippen LogP contribution in [-0.2, 0) is 81.2 Å². The van der Waals surface area contributed by atoms with E-state index in [2.05, 4.69) is 31.9 Å². The number of hydrogen-bond donors (Lipinski definition) is 7. The van der Waals surface area contributed by atoms with Crippen LogP contribution in [0.25, 0.3) is 0 Å².